The Kier molecular flexibility index (Phi) is 5.46. The Balaban J connectivity index is 1.80. The van der Waals surface area contributed by atoms with Crippen LogP contribution in [0.1, 0.15) is 5.56 Å². The third kappa shape index (κ3) is 5.09. The van der Waals surface area contributed by atoms with Crippen LogP contribution < -0.4 is 9.46 Å². The van der Waals surface area contributed by atoms with Gasteiger partial charge in [0.2, 0.25) is 10.0 Å². The molecule has 4 nitrogen and oxygen atoms in total. The fraction of sp³-hybridized carbons (Fsp3) is 0.200. The maximum atomic E-state index is 13.4. The minimum Gasteiger partial charge on any atom is -0.492 e. The number of ether oxygens (including phenoxy) is 1. The fourth-order valence-electron chi connectivity index (χ4n) is 1.77. The molecule has 0 aliphatic rings. The van der Waals surface area contributed by atoms with Gasteiger partial charge in [-0.15, -0.1) is 0 Å². The summed E-state index contributed by atoms with van der Waals surface area (Å²) in [6.07, 6.45) is 0. The van der Waals surface area contributed by atoms with Gasteiger partial charge in [0.15, 0.2) is 0 Å². The summed E-state index contributed by atoms with van der Waals surface area (Å²) in [4.78, 5) is 0. The Morgan fingerprint density at radius 2 is 1.68 bits per heavy atom. The lowest BCUT2D eigenvalue weighted by atomic mass is 10.2. The summed E-state index contributed by atoms with van der Waals surface area (Å²) in [5.74, 6) is -0.931. The third-order valence-corrected chi connectivity index (χ3v) is 4.14. The van der Waals surface area contributed by atoms with Crippen LogP contribution >= 0.6 is 0 Å². The van der Waals surface area contributed by atoms with Gasteiger partial charge in [0.05, 0.1) is 5.75 Å². The molecule has 118 valence electrons. The maximum absolute atomic E-state index is 13.4. The molecule has 0 aromatic heterocycles. The SMILES string of the molecule is O=S(=O)(Cc1ccccc1F)NCCOc1ccc(F)cc1. The van der Waals surface area contributed by atoms with E-state index in [4.69, 9.17) is 4.74 Å². The Morgan fingerprint density at radius 3 is 2.36 bits per heavy atom. The molecule has 1 N–H and O–H groups in total. The lowest BCUT2D eigenvalue weighted by Crippen LogP contribution is -2.29. The molecule has 0 saturated carbocycles. The Morgan fingerprint density at radius 1 is 1.00 bits per heavy atom. The number of rotatable bonds is 7. The van der Waals surface area contributed by atoms with E-state index in [-0.39, 0.29) is 24.5 Å². The van der Waals surface area contributed by atoms with Crippen LogP contribution in [0, 0.1) is 11.6 Å². The molecule has 0 saturated heterocycles. The van der Waals surface area contributed by atoms with Gasteiger partial charge in [0.1, 0.15) is 24.0 Å². The van der Waals surface area contributed by atoms with Gasteiger partial charge in [-0.3, -0.25) is 0 Å². The molecule has 7 heteroatoms. The standard InChI is InChI=1S/C15H15F2NO3S/c16-13-5-7-14(8-6-13)21-10-9-18-22(19,20)11-12-3-1-2-4-15(12)17/h1-8,18H,9-11H2. The predicted octanol–water partition coefficient (Wildman–Crippen LogP) is 2.46. The molecular formula is C15H15F2NO3S. The van der Waals surface area contributed by atoms with Gasteiger partial charge in [-0.25, -0.2) is 21.9 Å². The molecule has 0 spiro atoms. The van der Waals surface area contributed by atoms with Crippen molar-refractivity contribution in [2.75, 3.05) is 13.2 Å². The van der Waals surface area contributed by atoms with Crippen LogP contribution in [-0.2, 0) is 15.8 Å². The summed E-state index contributed by atoms with van der Waals surface area (Å²) < 4.78 is 57.3. The van der Waals surface area contributed by atoms with Gasteiger partial charge < -0.3 is 4.74 Å². The summed E-state index contributed by atoms with van der Waals surface area (Å²) in [5, 5.41) is 0. The molecule has 0 radical (unpaired) electrons. The van der Waals surface area contributed by atoms with Crippen molar-refractivity contribution in [2.24, 2.45) is 0 Å². The second-order valence-corrected chi connectivity index (χ2v) is 6.35. The van der Waals surface area contributed by atoms with Crippen molar-refractivity contribution in [2.45, 2.75) is 5.75 Å². The van der Waals surface area contributed by atoms with E-state index >= 15 is 0 Å². The van der Waals surface area contributed by atoms with Crippen LogP contribution in [0.2, 0.25) is 0 Å². The normalized spacial score (nSPS) is 11.4. The minimum atomic E-state index is -3.65. The molecule has 0 amide bonds. The molecule has 2 aromatic carbocycles. The van der Waals surface area contributed by atoms with Crippen LogP contribution in [0.25, 0.3) is 0 Å². The van der Waals surface area contributed by atoms with Crippen molar-refractivity contribution in [3.05, 3.63) is 65.7 Å². The van der Waals surface area contributed by atoms with Crippen LogP contribution in [0.5, 0.6) is 5.75 Å². The van der Waals surface area contributed by atoms with Crippen molar-refractivity contribution in [1.82, 2.24) is 4.72 Å². The first-order valence-corrected chi connectivity index (χ1v) is 8.20. The lowest BCUT2D eigenvalue weighted by molar-refractivity contribution is 0.322. The number of nitrogens with one attached hydrogen (secondary N) is 1. The number of halogens is 2. The van der Waals surface area contributed by atoms with Crippen molar-refractivity contribution >= 4 is 10.0 Å². The van der Waals surface area contributed by atoms with Crippen LogP contribution in [0.4, 0.5) is 8.78 Å². The molecule has 2 aromatic rings. The number of benzene rings is 2. The van der Waals surface area contributed by atoms with Gasteiger partial charge in [0.25, 0.3) is 0 Å². The summed E-state index contributed by atoms with van der Waals surface area (Å²) >= 11 is 0. The van der Waals surface area contributed by atoms with E-state index in [1.54, 1.807) is 6.07 Å². The first kappa shape index (κ1) is 16.4. The predicted molar refractivity (Wildman–Crippen MR) is 78.9 cm³/mol. The van der Waals surface area contributed by atoms with Crippen molar-refractivity contribution < 1.29 is 21.9 Å². The molecule has 0 atom stereocenters. The average molecular weight is 327 g/mol. The molecule has 0 heterocycles. The third-order valence-electron chi connectivity index (χ3n) is 2.81. The molecule has 0 bridgehead atoms. The van der Waals surface area contributed by atoms with E-state index in [1.807, 2.05) is 0 Å². The average Bonchev–Trinajstić information content (AvgIpc) is 2.48. The molecule has 2 rings (SSSR count). The summed E-state index contributed by atoms with van der Waals surface area (Å²) in [6, 6.07) is 11.1. The first-order chi connectivity index (χ1) is 10.5. The van der Waals surface area contributed by atoms with E-state index in [0.29, 0.717) is 5.75 Å². The molecule has 0 unspecified atom stereocenters. The second kappa shape index (κ2) is 7.33. The van der Waals surface area contributed by atoms with Crippen molar-refractivity contribution in [1.29, 1.82) is 0 Å². The highest BCUT2D eigenvalue weighted by Crippen LogP contribution is 2.11. The van der Waals surface area contributed by atoms with Crippen molar-refractivity contribution in [3.63, 3.8) is 0 Å². The van der Waals surface area contributed by atoms with Gasteiger partial charge in [-0.2, -0.15) is 0 Å². The number of sulfonamides is 1. The van der Waals surface area contributed by atoms with Crippen LogP contribution in [-0.4, -0.2) is 21.6 Å². The van der Waals surface area contributed by atoms with E-state index in [0.717, 1.165) is 0 Å². The number of hydrogen-bond donors (Lipinski definition) is 1. The molecule has 0 aliphatic heterocycles. The maximum Gasteiger partial charge on any atom is 0.216 e. The number of hydrogen-bond acceptors (Lipinski definition) is 3. The monoisotopic (exact) mass is 327 g/mol. The zero-order valence-electron chi connectivity index (χ0n) is 11.6. The van der Waals surface area contributed by atoms with E-state index in [2.05, 4.69) is 4.72 Å². The smallest absolute Gasteiger partial charge is 0.216 e. The fourth-order valence-corrected chi connectivity index (χ4v) is 2.91. The van der Waals surface area contributed by atoms with Gasteiger partial charge >= 0.3 is 0 Å². The quantitative estimate of drug-likeness (QED) is 0.795. The minimum absolute atomic E-state index is 0.0359. The zero-order chi connectivity index (χ0) is 16.0. The molecule has 0 aliphatic carbocycles. The summed E-state index contributed by atoms with van der Waals surface area (Å²) in [5.41, 5.74) is 0.106. The first-order valence-electron chi connectivity index (χ1n) is 6.55. The second-order valence-electron chi connectivity index (χ2n) is 4.55. The highest BCUT2D eigenvalue weighted by Gasteiger charge is 2.13. The highest BCUT2D eigenvalue weighted by molar-refractivity contribution is 7.88. The Labute approximate surface area is 127 Å². The lowest BCUT2D eigenvalue weighted by Gasteiger charge is -2.09. The molecule has 0 fully saturated rings. The van der Waals surface area contributed by atoms with Crippen LogP contribution in [0.3, 0.4) is 0 Å². The zero-order valence-corrected chi connectivity index (χ0v) is 12.4. The topological polar surface area (TPSA) is 55.4 Å². The van der Waals surface area contributed by atoms with E-state index in [1.165, 1.54) is 42.5 Å². The van der Waals surface area contributed by atoms with Gasteiger partial charge in [-0.05, 0) is 30.3 Å². The largest absolute Gasteiger partial charge is 0.492 e. The molecule has 22 heavy (non-hydrogen) atoms. The Hall–Kier alpha value is -1.99. The van der Waals surface area contributed by atoms with Gasteiger partial charge in [0, 0.05) is 12.1 Å². The summed E-state index contributed by atoms with van der Waals surface area (Å²) in [7, 11) is -3.65. The summed E-state index contributed by atoms with van der Waals surface area (Å²) in [6.45, 7) is 0.121. The molecular weight excluding hydrogens is 312 g/mol. The van der Waals surface area contributed by atoms with Gasteiger partial charge in [-0.1, -0.05) is 18.2 Å². The Bertz CT molecular complexity index is 718. The van der Waals surface area contributed by atoms with Crippen LogP contribution in [0.15, 0.2) is 48.5 Å². The highest BCUT2D eigenvalue weighted by atomic mass is 32.2. The van der Waals surface area contributed by atoms with E-state index < -0.39 is 21.6 Å². The van der Waals surface area contributed by atoms with Crippen molar-refractivity contribution in [3.8, 4) is 5.75 Å². The van der Waals surface area contributed by atoms with E-state index in [9.17, 15) is 17.2 Å².